The molecule has 3 rings (SSSR count). The maximum Gasteiger partial charge on any atom is 0.282 e. The summed E-state index contributed by atoms with van der Waals surface area (Å²) in [5.41, 5.74) is 1.76. The molecule has 6 heteroatoms. The van der Waals surface area contributed by atoms with Gasteiger partial charge in [-0.25, -0.2) is 4.98 Å². The van der Waals surface area contributed by atoms with E-state index in [9.17, 15) is 4.79 Å². The number of fused-ring (bicyclic) bond motifs is 1. The Balaban J connectivity index is 1.64. The Morgan fingerprint density at radius 2 is 2.08 bits per heavy atom. The van der Waals surface area contributed by atoms with Crippen LogP contribution in [0, 0.1) is 0 Å². The molecule has 2 N–H and O–H groups in total. The summed E-state index contributed by atoms with van der Waals surface area (Å²) < 4.78 is 6.37. The number of ether oxygens (including phenoxy) is 1. The van der Waals surface area contributed by atoms with E-state index in [4.69, 9.17) is 4.74 Å². The molecular weight excluding hydrogens is 334 g/mol. The van der Waals surface area contributed by atoms with Crippen molar-refractivity contribution < 1.29 is 14.4 Å². The number of carbonyl (C=O) groups is 1. The molecule has 0 radical (unpaired) electrons. The highest BCUT2D eigenvalue weighted by Crippen LogP contribution is 2.21. The van der Waals surface area contributed by atoms with E-state index in [1.165, 1.54) is 4.70 Å². The van der Waals surface area contributed by atoms with E-state index in [-0.39, 0.29) is 11.9 Å². The highest BCUT2D eigenvalue weighted by molar-refractivity contribution is 7.18. The first-order valence-electron chi connectivity index (χ1n) is 8.18. The number of quaternary nitrogens is 1. The van der Waals surface area contributed by atoms with Gasteiger partial charge >= 0.3 is 0 Å². The van der Waals surface area contributed by atoms with Crippen molar-refractivity contribution in [2.45, 2.75) is 19.5 Å². The number of anilines is 1. The standard InChI is InChI=1S/C19H21N3O2S/c1-13(19(23)20-14-7-6-8-15(11-14)24-3)22(2)12-18-21-16-9-4-5-10-17(16)25-18/h4-11,13H,12H2,1-3H3,(H,20,23)/p+1/t13-/m1/s1. The molecule has 2 aromatic carbocycles. The third-order valence-electron chi connectivity index (χ3n) is 4.24. The Kier molecular flexibility index (Phi) is 5.31. The lowest BCUT2D eigenvalue weighted by molar-refractivity contribution is -0.907. The van der Waals surface area contributed by atoms with Crippen molar-refractivity contribution >= 4 is 33.1 Å². The lowest BCUT2D eigenvalue weighted by Gasteiger charge is -2.20. The molecule has 0 bridgehead atoms. The Hall–Kier alpha value is -2.44. The van der Waals surface area contributed by atoms with Crippen molar-refractivity contribution in [3.05, 3.63) is 53.5 Å². The lowest BCUT2D eigenvalue weighted by Crippen LogP contribution is -3.12. The molecule has 3 aromatic rings. The third-order valence-corrected chi connectivity index (χ3v) is 5.27. The normalized spacial score (nSPS) is 13.4. The Morgan fingerprint density at radius 1 is 1.28 bits per heavy atom. The zero-order valence-corrected chi connectivity index (χ0v) is 15.4. The molecule has 0 saturated carbocycles. The van der Waals surface area contributed by atoms with Gasteiger partial charge in [-0.1, -0.05) is 18.2 Å². The summed E-state index contributed by atoms with van der Waals surface area (Å²) in [6, 6.07) is 15.3. The van der Waals surface area contributed by atoms with E-state index in [0.717, 1.165) is 26.9 Å². The van der Waals surface area contributed by atoms with E-state index in [1.54, 1.807) is 18.4 Å². The highest BCUT2D eigenvalue weighted by atomic mass is 32.1. The topological polar surface area (TPSA) is 55.7 Å². The van der Waals surface area contributed by atoms with Crippen LogP contribution in [-0.2, 0) is 11.3 Å². The molecule has 0 aliphatic heterocycles. The number of nitrogens with zero attached hydrogens (tertiary/aromatic N) is 1. The first-order valence-corrected chi connectivity index (χ1v) is 9.00. The van der Waals surface area contributed by atoms with Gasteiger partial charge in [0.15, 0.2) is 6.04 Å². The first kappa shape index (κ1) is 17.4. The van der Waals surface area contributed by atoms with E-state index in [2.05, 4.69) is 16.4 Å². The molecule has 2 atom stereocenters. The number of aromatic nitrogens is 1. The number of methoxy groups -OCH3 is 1. The van der Waals surface area contributed by atoms with Crippen LogP contribution in [0.5, 0.6) is 5.75 Å². The van der Waals surface area contributed by atoms with Crippen LogP contribution in [0.4, 0.5) is 5.69 Å². The van der Waals surface area contributed by atoms with Crippen molar-refractivity contribution in [3.63, 3.8) is 0 Å². The summed E-state index contributed by atoms with van der Waals surface area (Å²) in [4.78, 5) is 18.3. The molecule has 1 unspecified atom stereocenters. The molecule has 0 aliphatic carbocycles. The van der Waals surface area contributed by atoms with Crippen molar-refractivity contribution in [1.82, 2.24) is 4.98 Å². The van der Waals surface area contributed by atoms with Crippen molar-refractivity contribution in [1.29, 1.82) is 0 Å². The second-order valence-electron chi connectivity index (χ2n) is 6.04. The summed E-state index contributed by atoms with van der Waals surface area (Å²) >= 11 is 1.68. The minimum Gasteiger partial charge on any atom is -0.497 e. The van der Waals surface area contributed by atoms with Crippen molar-refractivity contribution in [2.24, 2.45) is 0 Å². The molecule has 1 amide bonds. The highest BCUT2D eigenvalue weighted by Gasteiger charge is 2.23. The average Bonchev–Trinajstić information content (AvgIpc) is 3.03. The predicted octanol–water partition coefficient (Wildman–Crippen LogP) is 2.35. The van der Waals surface area contributed by atoms with Crippen molar-refractivity contribution in [2.75, 3.05) is 19.5 Å². The number of hydrogen-bond donors (Lipinski definition) is 2. The second kappa shape index (κ2) is 7.63. The molecule has 1 heterocycles. The summed E-state index contributed by atoms with van der Waals surface area (Å²) in [5, 5.41) is 3.99. The third kappa shape index (κ3) is 4.15. The fraction of sp³-hybridized carbons (Fsp3) is 0.263. The average molecular weight is 356 g/mol. The van der Waals surface area contributed by atoms with Crippen LogP contribution >= 0.6 is 11.3 Å². The molecule has 0 fully saturated rings. The van der Waals surface area contributed by atoms with Gasteiger partial charge in [-0.2, -0.15) is 0 Å². The minimum atomic E-state index is -0.196. The fourth-order valence-corrected chi connectivity index (χ4v) is 3.62. The molecule has 1 aromatic heterocycles. The van der Waals surface area contributed by atoms with E-state index < -0.39 is 0 Å². The molecular formula is C19H22N3O2S+. The number of likely N-dealkylation sites (N-methyl/N-ethyl adjacent to an activating group) is 1. The van der Waals surface area contributed by atoms with Gasteiger partial charge in [0.25, 0.3) is 5.91 Å². The van der Waals surface area contributed by atoms with Crippen LogP contribution in [0.2, 0.25) is 0 Å². The number of carbonyl (C=O) groups excluding carboxylic acids is 1. The smallest absolute Gasteiger partial charge is 0.282 e. The number of hydrogen-bond acceptors (Lipinski definition) is 4. The second-order valence-corrected chi connectivity index (χ2v) is 7.16. The SMILES string of the molecule is COc1cccc(NC(=O)[C@@H](C)[NH+](C)Cc2nc3ccccc3s2)c1. The number of para-hydroxylation sites is 1. The summed E-state index contributed by atoms with van der Waals surface area (Å²) in [7, 11) is 3.63. The van der Waals surface area contributed by atoms with Crippen LogP contribution < -0.4 is 15.0 Å². The van der Waals surface area contributed by atoms with Gasteiger partial charge in [0.1, 0.15) is 17.3 Å². The molecule has 0 aliphatic rings. The van der Waals surface area contributed by atoms with Crippen LogP contribution in [0.15, 0.2) is 48.5 Å². The monoisotopic (exact) mass is 356 g/mol. The number of benzene rings is 2. The maximum atomic E-state index is 12.5. The maximum absolute atomic E-state index is 12.5. The molecule has 0 saturated heterocycles. The largest absolute Gasteiger partial charge is 0.497 e. The molecule has 25 heavy (non-hydrogen) atoms. The van der Waals surface area contributed by atoms with Crippen LogP contribution in [0.1, 0.15) is 11.9 Å². The number of thiazole rings is 1. The Labute approximate surface area is 151 Å². The van der Waals surface area contributed by atoms with Gasteiger partial charge in [0.2, 0.25) is 0 Å². The van der Waals surface area contributed by atoms with Crippen LogP contribution in [-0.4, -0.2) is 31.1 Å². The van der Waals surface area contributed by atoms with Gasteiger partial charge in [-0.15, -0.1) is 11.3 Å². The van der Waals surface area contributed by atoms with Gasteiger partial charge in [0.05, 0.1) is 24.4 Å². The summed E-state index contributed by atoms with van der Waals surface area (Å²) in [6.45, 7) is 2.64. The van der Waals surface area contributed by atoms with Crippen LogP contribution in [0.3, 0.4) is 0 Å². The van der Waals surface area contributed by atoms with Gasteiger partial charge in [-0.3, -0.25) is 4.79 Å². The number of rotatable bonds is 6. The summed E-state index contributed by atoms with van der Waals surface area (Å²) in [6.07, 6.45) is 0. The van der Waals surface area contributed by atoms with E-state index in [1.807, 2.05) is 56.4 Å². The van der Waals surface area contributed by atoms with E-state index in [0.29, 0.717) is 6.54 Å². The van der Waals surface area contributed by atoms with Gasteiger partial charge in [-0.05, 0) is 31.2 Å². The fourth-order valence-electron chi connectivity index (χ4n) is 2.56. The molecule has 5 nitrogen and oxygen atoms in total. The minimum absolute atomic E-state index is 0.0214. The zero-order chi connectivity index (χ0) is 17.8. The Bertz CT molecular complexity index is 845. The Morgan fingerprint density at radius 3 is 2.84 bits per heavy atom. The number of amides is 1. The molecule has 130 valence electrons. The van der Waals surface area contributed by atoms with E-state index >= 15 is 0 Å². The quantitative estimate of drug-likeness (QED) is 0.713. The van der Waals surface area contributed by atoms with Crippen LogP contribution in [0.25, 0.3) is 10.2 Å². The zero-order valence-electron chi connectivity index (χ0n) is 14.6. The van der Waals surface area contributed by atoms with Gasteiger partial charge < -0.3 is 15.0 Å². The summed E-state index contributed by atoms with van der Waals surface area (Å²) in [5.74, 6) is 0.701. The van der Waals surface area contributed by atoms with Gasteiger partial charge in [0, 0.05) is 11.8 Å². The predicted molar refractivity (Wildman–Crippen MR) is 101 cm³/mol. The molecule has 0 spiro atoms. The van der Waals surface area contributed by atoms with Crippen molar-refractivity contribution in [3.8, 4) is 5.75 Å². The first-order chi connectivity index (χ1) is 12.1. The number of nitrogens with one attached hydrogen (secondary N) is 2. The lowest BCUT2D eigenvalue weighted by atomic mass is 10.2.